The van der Waals surface area contributed by atoms with Crippen molar-refractivity contribution in [2.24, 2.45) is 11.7 Å². The monoisotopic (exact) mass is 311 g/mol. The number of rotatable bonds is 6. The lowest BCUT2D eigenvalue weighted by Gasteiger charge is -2.30. The number of hydrogen-bond acceptors (Lipinski definition) is 6. The molecule has 0 saturated carbocycles. The number of nitrogens with zero attached hydrogens (tertiary/aromatic N) is 3. The Morgan fingerprint density at radius 1 is 1.48 bits per heavy atom. The molecule has 0 aromatic carbocycles. The summed E-state index contributed by atoms with van der Waals surface area (Å²) in [5, 5.41) is 12.8. The van der Waals surface area contributed by atoms with Crippen LogP contribution in [0.4, 0.5) is 0 Å². The highest BCUT2D eigenvalue weighted by Gasteiger charge is 2.26. The van der Waals surface area contributed by atoms with Crippen LogP contribution in [0.3, 0.4) is 0 Å². The number of primary amides is 1. The number of aromatic nitrogens is 2. The summed E-state index contributed by atoms with van der Waals surface area (Å²) in [6.07, 6.45) is 2.48. The van der Waals surface area contributed by atoms with E-state index in [1.165, 1.54) is 0 Å². The van der Waals surface area contributed by atoms with Crippen LogP contribution in [0.25, 0.3) is 0 Å². The third kappa shape index (κ3) is 5.05. The zero-order valence-electron chi connectivity index (χ0n) is 12.2. The molecule has 3 N–H and O–H groups in total. The number of carbonyl (C=O) groups is 2. The first-order valence-corrected chi connectivity index (χ1v) is 7.93. The molecule has 0 unspecified atom stereocenters. The molecule has 0 aliphatic carbocycles. The predicted molar refractivity (Wildman–Crippen MR) is 79.7 cm³/mol. The van der Waals surface area contributed by atoms with E-state index in [0.717, 1.165) is 29.4 Å². The molecule has 1 aliphatic rings. The first-order valence-electron chi connectivity index (χ1n) is 7.12. The molecule has 1 aliphatic heterocycles. The van der Waals surface area contributed by atoms with Crippen LogP contribution in [0.2, 0.25) is 0 Å². The summed E-state index contributed by atoms with van der Waals surface area (Å²) in [5.74, 6) is -0.359. The van der Waals surface area contributed by atoms with Crippen molar-refractivity contribution in [1.29, 1.82) is 0 Å². The molecule has 0 spiro atoms. The number of nitrogens with two attached hydrogens (primary N) is 1. The van der Waals surface area contributed by atoms with Gasteiger partial charge in [-0.2, -0.15) is 0 Å². The second-order valence-electron chi connectivity index (χ2n) is 5.30. The fraction of sp³-hybridized carbons (Fsp3) is 0.692. The Kier molecular flexibility index (Phi) is 5.63. The molecule has 1 aromatic rings. The van der Waals surface area contributed by atoms with Crippen molar-refractivity contribution in [3.8, 4) is 0 Å². The largest absolute Gasteiger partial charge is 0.369 e. The number of amides is 2. The highest BCUT2D eigenvalue weighted by Crippen LogP contribution is 2.16. The minimum absolute atomic E-state index is 0.0467. The average molecular weight is 311 g/mol. The molecule has 2 rings (SSSR count). The number of piperidine rings is 1. The molecule has 21 heavy (non-hydrogen) atoms. The molecule has 0 bridgehead atoms. The van der Waals surface area contributed by atoms with E-state index in [9.17, 15) is 9.59 Å². The molecule has 8 heteroatoms. The van der Waals surface area contributed by atoms with Gasteiger partial charge in [0.05, 0.1) is 12.5 Å². The van der Waals surface area contributed by atoms with Gasteiger partial charge in [0.25, 0.3) is 0 Å². The molecule has 0 radical (unpaired) electrons. The van der Waals surface area contributed by atoms with Gasteiger partial charge >= 0.3 is 0 Å². The molecular formula is C13H21N5O2S. The van der Waals surface area contributed by atoms with Crippen molar-refractivity contribution in [1.82, 2.24) is 20.4 Å². The van der Waals surface area contributed by atoms with E-state index in [-0.39, 0.29) is 24.3 Å². The highest BCUT2D eigenvalue weighted by molar-refractivity contribution is 7.11. The second kappa shape index (κ2) is 7.46. The van der Waals surface area contributed by atoms with Crippen LogP contribution in [0.15, 0.2) is 0 Å². The topological polar surface area (TPSA) is 101 Å². The maximum absolute atomic E-state index is 12.1. The zero-order chi connectivity index (χ0) is 15.2. The summed E-state index contributed by atoms with van der Waals surface area (Å²) < 4.78 is 0. The minimum Gasteiger partial charge on any atom is -0.369 e. The van der Waals surface area contributed by atoms with Gasteiger partial charge in [0.2, 0.25) is 11.8 Å². The van der Waals surface area contributed by atoms with Crippen molar-refractivity contribution >= 4 is 23.2 Å². The molecule has 1 aromatic heterocycles. The lowest BCUT2D eigenvalue weighted by atomic mass is 9.97. The van der Waals surface area contributed by atoms with Gasteiger partial charge < -0.3 is 11.1 Å². The highest BCUT2D eigenvalue weighted by atomic mass is 32.1. The minimum atomic E-state index is -0.345. The van der Waals surface area contributed by atoms with E-state index in [2.05, 4.69) is 15.5 Å². The lowest BCUT2D eigenvalue weighted by molar-refractivity contribution is -0.128. The van der Waals surface area contributed by atoms with Gasteiger partial charge in [-0.1, -0.05) is 0 Å². The Bertz CT molecular complexity index is 505. The number of nitrogens with one attached hydrogen (secondary N) is 1. The van der Waals surface area contributed by atoms with E-state index in [4.69, 9.17) is 5.73 Å². The van der Waals surface area contributed by atoms with Crippen molar-refractivity contribution in [3.05, 3.63) is 10.0 Å². The predicted octanol–water partition coefficient (Wildman–Crippen LogP) is -0.297. The smallest absolute Gasteiger partial charge is 0.231 e. The average Bonchev–Trinajstić information content (AvgIpc) is 2.84. The summed E-state index contributed by atoms with van der Waals surface area (Å²) in [6.45, 7) is 4.15. The maximum Gasteiger partial charge on any atom is 0.231 e. The van der Waals surface area contributed by atoms with Gasteiger partial charge in [-0.3, -0.25) is 14.5 Å². The molecule has 1 atom stereocenters. The Balaban J connectivity index is 1.73. The van der Waals surface area contributed by atoms with Crippen LogP contribution in [-0.2, 0) is 16.0 Å². The van der Waals surface area contributed by atoms with Gasteiger partial charge in [0.15, 0.2) is 0 Å². The molecule has 2 heterocycles. The van der Waals surface area contributed by atoms with Crippen molar-refractivity contribution in [2.45, 2.75) is 26.2 Å². The lowest BCUT2D eigenvalue weighted by Crippen LogP contribution is -2.46. The van der Waals surface area contributed by atoms with E-state index in [1.807, 2.05) is 11.8 Å². The van der Waals surface area contributed by atoms with Crippen LogP contribution in [0.1, 0.15) is 22.9 Å². The quantitative estimate of drug-likeness (QED) is 0.751. The van der Waals surface area contributed by atoms with Crippen LogP contribution < -0.4 is 11.1 Å². The van der Waals surface area contributed by atoms with Crippen LogP contribution >= 0.6 is 11.3 Å². The Hall–Kier alpha value is -1.54. The van der Waals surface area contributed by atoms with Crippen molar-refractivity contribution in [2.75, 3.05) is 26.2 Å². The number of likely N-dealkylation sites (tertiary alicyclic amines) is 1. The number of hydrogen-bond donors (Lipinski definition) is 2. The van der Waals surface area contributed by atoms with E-state index in [1.54, 1.807) is 11.3 Å². The molecular weight excluding hydrogens is 290 g/mol. The van der Waals surface area contributed by atoms with E-state index in [0.29, 0.717) is 19.5 Å². The molecule has 116 valence electrons. The van der Waals surface area contributed by atoms with Crippen molar-refractivity contribution in [3.63, 3.8) is 0 Å². The fourth-order valence-electron chi connectivity index (χ4n) is 2.51. The third-order valence-electron chi connectivity index (χ3n) is 3.46. The first kappa shape index (κ1) is 15.8. The SMILES string of the molecule is Cc1nnc(CCNC(=O)[C@@H]2CCCN(CC(N)=O)C2)s1. The van der Waals surface area contributed by atoms with Crippen LogP contribution in [0, 0.1) is 12.8 Å². The van der Waals surface area contributed by atoms with Gasteiger partial charge in [0, 0.05) is 19.5 Å². The summed E-state index contributed by atoms with van der Waals surface area (Å²) in [7, 11) is 0. The van der Waals surface area contributed by atoms with Gasteiger partial charge in [-0.05, 0) is 26.3 Å². The molecule has 7 nitrogen and oxygen atoms in total. The summed E-state index contributed by atoms with van der Waals surface area (Å²) in [5.41, 5.74) is 5.20. The van der Waals surface area contributed by atoms with E-state index < -0.39 is 0 Å². The first-order chi connectivity index (χ1) is 10.0. The summed E-state index contributed by atoms with van der Waals surface area (Å²) >= 11 is 1.55. The number of carbonyl (C=O) groups excluding carboxylic acids is 2. The second-order valence-corrected chi connectivity index (χ2v) is 6.56. The Morgan fingerprint density at radius 3 is 2.95 bits per heavy atom. The Labute approximate surface area is 127 Å². The molecule has 1 fully saturated rings. The standard InChI is InChI=1S/C13H21N5O2S/c1-9-16-17-12(21-9)4-5-15-13(20)10-3-2-6-18(7-10)8-11(14)19/h10H,2-8H2,1H3,(H2,14,19)(H,15,20)/t10-/m1/s1. The summed E-state index contributed by atoms with van der Waals surface area (Å²) in [6, 6.07) is 0. The molecule has 1 saturated heterocycles. The fourth-order valence-corrected chi connectivity index (χ4v) is 3.22. The molecule has 2 amide bonds. The van der Waals surface area contributed by atoms with Crippen molar-refractivity contribution < 1.29 is 9.59 Å². The normalized spacial score (nSPS) is 19.4. The van der Waals surface area contributed by atoms with Gasteiger partial charge in [-0.25, -0.2) is 0 Å². The summed E-state index contributed by atoms with van der Waals surface area (Å²) in [4.78, 5) is 25.0. The van der Waals surface area contributed by atoms with Crippen LogP contribution in [-0.4, -0.2) is 53.1 Å². The van der Waals surface area contributed by atoms with Gasteiger partial charge in [-0.15, -0.1) is 21.5 Å². The van der Waals surface area contributed by atoms with Gasteiger partial charge in [0.1, 0.15) is 10.0 Å². The van der Waals surface area contributed by atoms with E-state index >= 15 is 0 Å². The maximum atomic E-state index is 12.1. The third-order valence-corrected chi connectivity index (χ3v) is 4.36. The Morgan fingerprint density at radius 2 is 2.29 bits per heavy atom. The zero-order valence-corrected chi connectivity index (χ0v) is 13.0. The number of aryl methyl sites for hydroxylation is 1. The van der Waals surface area contributed by atoms with Crippen LogP contribution in [0.5, 0.6) is 0 Å².